The van der Waals surface area contributed by atoms with Crippen molar-refractivity contribution in [1.82, 2.24) is 24.4 Å². The Kier molecular flexibility index (Phi) is 3.77. The quantitative estimate of drug-likeness (QED) is 0.853. The Morgan fingerprint density at radius 3 is 2.52 bits per heavy atom. The third-order valence-corrected chi connectivity index (χ3v) is 5.40. The highest BCUT2D eigenvalue weighted by molar-refractivity contribution is 5.48. The average Bonchev–Trinajstić information content (AvgIpc) is 3.23. The first-order chi connectivity index (χ1) is 11.2. The van der Waals surface area contributed by atoms with E-state index in [4.69, 9.17) is 0 Å². The van der Waals surface area contributed by atoms with Crippen LogP contribution >= 0.6 is 0 Å². The monoisotopic (exact) mass is 312 g/mol. The molecule has 0 saturated carbocycles. The molecule has 0 bridgehead atoms. The maximum atomic E-state index is 4.53. The first-order valence-corrected chi connectivity index (χ1v) is 8.42. The van der Waals surface area contributed by atoms with Crippen LogP contribution in [-0.4, -0.2) is 57.1 Å². The fourth-order valence-corrected chi connectivity index (χ4v) is 3.97. The summed E-state index contributed by atoms with van der Waals surface area (Å²) in [4.78, 5) is 18.0. The second-order valence-electron chi connectivity index (χ2n) is 6.89. The summed E-state index contributed by atoms with van der Waals surface area (Å²) in [5.41, 5.74) is 2.32. The number of rotatable bonds is 4. The summed E-state index contributed by atoms with van der Waals surface area (Å²) in [6, 6.07) is 0. The summed E-state index contributed by atoms with van der Waals surface area (Å²) >= 11 is 0. The first kappa shape index (κ1) is 14.6. The van der Waals surface area contributed by atoms with Gasteiger partial charge in [-0.1, -0.05) is 0 Å². The van der Waals surface area contributed by atoms with Crippen molar-refractivity contribution >= 4 is 5.82 Å². The van der Waals surface area contributed by atoms with Gasteiger partial charge in [0.15, 0.2) is 0 Å². The van der Waals surface area contributed by atoms with Gasteiger partial charge < -0.3 is 14.4 Å². The van der Waals surface area contributed by atoms with Crippen LogP contribution in [0.15, 0.2) is 25.0 Å². The number of aromatic nitrogens is 4. The summed E-state index contributed by atoms with van der Waals surface area (Å²) in [7, 11) is 0. The molecule has 2 aromatic heterocycles. The molecule has 6 nitrogen and oxygen atoms in total. The van der Waals surface area contributed by atoms with Gasteiger partial charge in [0.1, 0.15) is 12.1 Å². The standard InChI is InChI=1S/C17H24N6/c1-13-14(2)19-11-20-17(13)23-9-15-7-22(8-16(15)10-23)6-5-21-4-3-18-12-21/h3-4,11-12,15-16H,5-10H2,1-2H3. The van der Waals surface area contributed by atoms with Gasteiger partial charge in [0.05, 0.1) is 6.33 Å². The molecule has 0 aliphatic carbocycles. The van der Waals surface area contributed by atoms with Crippen LogP contribution in [0.3, 0.4) is 0 Å². The Balaban J connectivity index is 1.35. The van der Waals surface area contributed by atoms with Gasteiger partial charge in [-0.05, 0) is 25.7 Å². The Morgan fingerprint density at radius 1 is 1.04 bits per heavy atom. The Labute approximate surface area is 137 Å². The van der Waals surface area contributed by atoms with Crippen molar-refractivity contribution < 1.29 is 0 Å². The molecule has 0 spiro atoms. The molecule has 0 radical (unpaired) electrons. The molecule has 2 fully saturated rings. The Morgan fingerprint density at radius 2 is 1.83 bits per heavy atom. The first-order valence-electron chi connectivity index (χ1n) is 8.42. The molecule has 2 saturated heterocycles. The zero-order chi connectivity index (χ0) is 15.8. The van der Waals surface area contributed by atoms with E-state index in [1.165, 1.54) is 18.7 Å². The fraction of sp³-hybridized carbons (Fsp3) is 0.588. The van der Waals surface area contributed by atoms with Crippen molar-refractivity contribution in [1.29, 1.82) is 0 Å². The van der Waals surface area contributed by atoms with E-state index in [0.29, 0.717) is 0 Å². The fourth-order valence-electron chi connectivity index (χ4n) is 3.97. The van der Waals surface area contributed by atoms with Crippen molar-refractivity contribution in [2.45, 2.75) is 20.4 Å². The highest BCUT2D eigenvalue weighted by Crippen LogP contribution is 2.34. The third kappa shape index (κ3) is 2.83. The van der Waals surface area contributed by atoms with E-state index in [0.717, 1.165) is 49.5 Å². The molecule has 2 atom stereocenters. The summed E-state index contributed by atoms with van der Waals surface area (Å²) in [5, 5.41) is 0. The smallest absolute Gasteiger partial charge is 0.135 e. The van der Waals surface area contributed by atoms with E-state index in [9.17, 15) is 0 Å². The molecule has 0 aromatic carbocycles. The summed E-state index contributed by atoms with van der Waals surface area (Å²) in [6.07, 6.45) is 7.49. The molecule has 6 heteroatoms. The lowest BCUT2D eigenvalue weighted by Crippen LogP contribution is -2.31. The second kappa shape index (κ2) is 5.92. The molecule has 0 N–H and O–H groups in total. The lowest BCUT2D eigenvalue weighted by molar-refractivity contribution is 0.302. The lowest BCUT2D eigenvalue weighted by Gasteiger charge is -2.23. The van der Waals surface area contributed by atoms with Crippen molar-refractivity contribution in [2.75, 3.05) is 37.6 Å². The number of nitrogens with zero attached hydrogens (tertiary/aromatic N) is 6. The van der Waals surface area contributed by atoms with Crippen molar-refractivity contribution in [2.24, 2.45) is 11.8 Å². The molecule has 2 aliphatic heterocycles. The molecule has 2 unspecified atom stereocenters. The predicted molar refractivity (Wildman–Crippen MR) is 89.4 cm³/mol. The number of imidazole rings is 1. The van der Waals surface area contributed by atoms with E-state index < -0.39 is 0 Å². The largest absolute Gasteiger partial charge is 0.356 e. The predicted octanol–water partition coefficient (Wildman–Crippen LogP) is 1.36. The van der Waals surface area contributed by atoms with Crippen molar-refractivity contribution in [3.05, 3.63) is 36.3 Å². The van der Waals surface area contributed by atoms with Crippen LogP contribution in [0.1, 0.15) is 11.3 Å². The molecule has 2 aromatic rings. The third-order valence-electron chi connectivity index (χ3n) is 5.40. The van der Waals surface area contributed by atoms with Crippen molar-refractivity contribution in [3.8, 4) is 0 Å². The number of likely N-dealkylation sites (tertiary alicyclic amines) is 1. The van der Waals surface area contributed by atoms with E-state index >= 15 is 0 Å². The van der Waals surface area contributed by atoms with Gasteiger partial charge in [0, 0.05) is 62.9 Å². The topological polar surface area (TPSA) is 50.1 Å². The van der Waals surface area contributed by atoms with Gasteiger partial charge in [-0.25, -0.2) is 15.0 Å². The van der Waals surface area contributed by atoms with Crippen molar-refractivity contribution in [3.63, 3.8) is 0 Å². The van der Waals surface area contributed by atoms with Crippen LogP contribution in [0, 0.1) is 25.7 Å². The molecule has 0 amide bonds. The average molecular weight is 312 g/mol. The number of hydrogen-bond acceptors (Lipinski definition) is 5. The molecule has 23 heavy (non-hydrogen) atoms. The zero-order valence-corrected chi connectivity index (χ0v) is 13.9. The van der Waals surface area contributed by atoms with Crippen LogP contribution < -0.4 is 4.90 Å². The van der Waals surface area contributed by atoms with Crippen LogP contribution in [-0.2, 0) is 6.54 Å². The molecule has 4 heterocycles. The van der Waals surface area contributed by atoms with Gasteiger partial charge in [0.2, 0.25) is 0 Å². The summed E-state index contributed by atoms with van der Waals surface area (Å²) in [5.74, 6) is 2.68. The summed E-state index contributed by atoms with van der Waals surface area (Å²) in [6.45, 7) is 11.0. The van der Waals surface area contributed by atoms with Crippen LogP contribution in [0.25, 0.3) is 0 Å². The zero-order valence-electron chi connectivity index (χ0n) is 13.9. The van der Waals surface area contributed by atoms with Gasteiger partial charge in [-0.3, -0.25) is 0 Å². The van der Waals surface area contributed by atoms with E-state index in [1.807, 2.05) is 18.7 Å². The lowest BCUT2D eigenvalue weighted by atomic mass is 10.0. The maximum Gasteiger partial charge on any atom is 0.135 e. The molecule has 2 aliphatic rings. The van der Waals surface area contributed by atoms with E-state index in [1.54, 1.807) is 6.33 Å². The minimum absolute atomic E-state index is 0.771. The Hall–Kier alpha value is -1.95. The highest BCUT2D eigenvalue weighted by atomic mass is 15.3. The van der Waals surface area contributed by atoms with Gasteiger partial charge >= 0.3 is 0 Å². The molecular formula is C17H24N6. The SMILES string of the molecule is Cc1ncnc(N2CC3CN(CCn4ccnc4)CC3C2)c1C. The second-order valence-corrected chi connectivity index (χ2v) is 6.89. The van der Waals surface area contributed by atoms with E-state index in [2.05, 4.69) is 43.2 Å². The molecule has 122 valence electrons. The van der Waals surface area contributed by atoms with E-state index in [-0.39, 0.29) is 0 Å². The summed E-state index contributed by atoms with van der Waals surface area (Å²) < 4.78 is 2.16. The number of fused-ring (bicyclic) bond motifs is 1. The highest BCUT2D eigenvalue weighted by Gasteiger charge is 2.40. The molecule has 4 rings (SSSR count). The minimum Gasteiger partial charge on any atom is -0.356 e. The number of hydrogen-bond donors (Lipinski definition) is 0. The van der Waals surface area contributed by atoms with Crippen LogP contribution in [0.4, 0.5) is 5.82 Å². The van der Waals surface area contributed by atoms with Gasteiger partial charge in [-0.2, -0.15) is 0 Å². The van der Waals surface area contributed by atoms with Gasteiger partial charge in [-0.15, -0.1) is 0 Å². The molecular weight excluding hydrogens is 288 g/mol. The van der Waals surface area contributed by atoms with Crippen LogP contribution in [0.2, 0.25) is 0 Å². The van der Waals surface area contributed by atoms with Crippen LogP contribution in [0.5, 0.6) is 0 Å². The number of aryl methyl sites for hydroxylation is 1. The Bertz CT molecular complexity index is 654. The maximum absolute atomic E-state index is 4.53. The van der Waals surface area contributed by atoms with Gasteiger partial charge in [0.25, 0.3) is 0 Å². The number of anilines is 1. The minimum atomic E-state index is 0.771. The normalized spacial score (nSPS) is 24.3.